The molecule has 26 heavy (non-hydrogen) atoms. The Bertz CT molecular complexity index is 643. The second-order valence-electron chi connectivity index (χ2n) is 5.23. The van der Waals surface area contributed by atoms with Crippen molar-refractivity contribution in [2.45, 2.75) is 12.5 Å². The summed E-state index contributed by atoms with van der Waals surface area (Å²) in [7, 11) is -9.18. The fraction of sp³-hybridized carbons (Fsp3) is 0.455. The second-order valence-corrected chi connectivity index (χ2v) is 7.80. The zero-order valence-electron chi connectivity index (χ0n) is 13.1. The van der Waals surface area contributed by atoms with Crippen molar-refractivity contribution < 1.29 is 48.1 Å². The third-order valence-electron chi connectivity index (χ3n) is 3.28. The van der Waals surface area contributed by atoms with Crippen LogP contribution in [0.1, 0.15) is 5.56 Å². The maximum Gasteiger partial charge on any atom is 0.567 e. The van der Waals surface area contributed by atoms with E-state index in [0.717, 1.165) is 0 Å². The molecule has 0 aromatic heterocycles. The zero-order valence-corrected chi connectivity index (χ0v) is 14.9. The second kappa shape index (κ2) is 8.19. The molecule has 15 heteroatoms. The van der Waals surface area contributed by atoms with Gasteiger partial charge in [-0.05, 0) is 12.5 Å². The summed E-state index contributed by atoms with van der Waals surface area (Å²) in [5.74, 6) is 0.184. The molecule has 1 aliphatic heterocycles. The minimum absolute atomic E-state index is 0.147. The Kier molecular flexibility index (Phi) is 6.64. The summed E-state index contributed by atoms with van der Waals surface area (Å²) in [6, 6.07) is 2.52. The van der Waals surface area contributed by atoms with Gasteiger partial charge in [-0.15, -0.1) is 9.05 Å². The predicted molar refractivity (Wildman–Crippen MR) is 88.8 cm³/mol. The first-order chi connectivity index (χ1) is 12.0. The van der Waals surface area contributed by atoms with Gasteiger partial charge in [0, 0.05) is 18.2 Å². The monoisotopic (exact) mass is 416 g/mol. The lowest BCUT2D eigenvalue weighted by atomic mass is 10.1. The molecule has 1 aromatic carbocycles. The molecule has 0 saturated carbocycles. The van der Waals surface area contributed by atoms with Gasteiger partial charge >= 0.3 is 16.3 Å². The van der Waals surface area contributed by atoms with Crippen molar-refractivity contribution >= 4 is 27.7 Å². The number of nitrogens with one attached hydrogen (secondary N) is 1. The van der Waals surface area contributed by atoms with E-state index in [1.807, 2.05) is 0 Å². The van der Waals surface area contributed by atoms with E-state index < -0.39 is 40.6 Å². The molecule has 2 rings (SSSR count). The molecule has 0 atom stereocenters. The van der Waals surface area contributed by atoms with Crippen LogP contribution in [0, 0.1) is 10.1 Å². The highest BCUT2D eigenvalue weighted by Gasteiger charge is 2.39. The van der Waals surface area contributed by atoms with Gasteiger partial charge in [0.2, 0.25) is 0 Å². The van der Waals surface area contributed by atoms with Gasteiger partial charge in [-0.2, -0.15) is 29.4 Å². The summed E-state index contributed by atoms with van der Waals surface area (Å²) < 4.78 is 14.4. The molecule has 0 amide bonds. The molecule has 13 nitrogen and oxygen atoms in total. The van der Waals surface area contributed by atoms with Crippen molar-refractivity contribution in [1.82, 2.24) is 0 Å². The maximum absolute atomic E-state index is 11.0. The number of nitrogens with zero attached hydrogens (tertiary/aromatic N) is 1. The van der Waals surface area contributed by atoms with Crippen LogP contribution in [0.3, 0.4) is 0 Å². The van der Waals surface area contributed by atoms with Gasteiger partial charge in [-0.25, -0.2) is 0 Å². The standard InChI is InChI=1S/C11H18N2O11P2/c14-13(15)9-1-2-10(8-3-4-12-11(8)9)24-7(5-22-25(16,17)18)6-23-26(19,20)21/h1-2,7,12,16-21H,3-6H2/q+2. The fourth-order valence-electron chi connectivity index (χ4n) is 2.30. The van der Waals surface area contributed by atoms with Crippen molar-refractivity contribution in [3.05, 3.63) is 27.8 Å². The van der Waals surface area contributed by atoms with Crippen molar-refractivity contribution in [3.8, 4) is 5.75 Å². The van der Waals surface area contributed by atoms with E-state index in [-0.39, 0.29) is 17.1 Å². The number of rotatable bonds is 9. The molecule has 0 fully saturated rings. The van der Waals surface area contributed by atoms with Gasteiger partial charge in [0.1, 0.15) is 24.7 Å². The Morgan fingerprint density at radius 3 is 2.19 bits per heavy atom. The maximum atomic E-state index is 11.0. The quantitative estimate of drug-likeness (QED) is 0.157. The van der Waals surface area contributed by atoms with Gasteiger partial charge < -0.3 is 10.1 Å². The van der Waals surface area contributed by atoms with Gasteiger partial charge in [0.15, 0.2) is 6.10 Å². The number of benzene rings is 1. The minimum atomic E-state index is -4.59. The van der Waals surface area contributed by atoms with E-state index in [1.165, 1.54) is 12.1 Å². The third-order valence-corrected chi connectivity index (χ3v) is 4.27. The summed E-state index contributed by atoms with van der Waals surface area (Å²) in [6.45, 7) is -0.849. The van der Waals surface area contributed by atoms with Crippen molar-refractivity contribution in [2.24, 2.45) is 0 Å². The van der Waals surface area contributed by atoms with Gasteiger partial charge in [-0.3, -0.25) is 10.1 Å². The molecule has 146 valence electrons. The van der Waals surface area contributed by atoms with Gasteiger partial charge in [-0.1, -0.05) is 0 Å². The average Bonchev–Trinajstić information content (AvgIpc) is 2.97. The number of nitro benzene ring substituents is 1. The Hall–Kier alpha value is -1.24. The van der Waals surface area contributed by atoms with Crippen LogP contribution in [-0.4, -0.2) is 60.1 Å². The van der Waals surface area contributed by atoms with Crippen LogP contribution < -0.4 is 10.1 Å². The van der Waals surface area contributed by atoms with Crippen LogP contribution in [-0.2, 0) is 15.5 Å². The van der Waals surface area contributed by atoms with Crippen molar-refractivity contribution in [3.63, 3.8) is 0 Å². The first-order valence-electron chi connectivity index (χ1n) is 7.11. The molecule has 0 aliphatic carbocycles. The third kappa shape index (κ3) is 6.18. The first kappa shape index (κ1) is 21.1. The van der Waals surface area contributed by atoms with Crippen LogP contribution >= 0.6 is 16.3 Å². The number of fused-ring (bicyclic) bond motifs is 1. The van der Waals surface area contributed by atoms with E-state index in [2.05, 4.69) is 14.4 Å². The van der Waals surface area contributed by atoms with Gasteiger partial charge in [0.05, 0.1) is 4.92 Å². The Morgan fingerprint density at radius 1 is 1.12 bits per heavy atom. The summed E-state index contributed by atoms with van der Waals surface area (Å²) in [5.41, 5.74) is 0.612. The Morgan fingerprint density at radius 2 is 1.69 bits per heavy atom. The lowest BCUT2D eigenvalue weighted by Crippen LogP contribution is -2.29. The number of hydrogen-bond acceptors (Lipinski definition) is 12. The van der Waals surface area contributed by atoms with Crippen LogP contribution in [0.5, 0.6) is 5.75 Å². The van der Waals surface area contributed by atoms with E-state index in [1.54, 1.807) is 0 Å². The lowest BCUT2D eigenvalue weighted by Gasteiger charge is -2.19. The average molecular weight is 416 g/mol. The highest BCUT2D eigenvalue weighted by atomic mass is 31.2. The molecule has 1 aliphatic rings. The Balaban J connectivity index is 2.19. The molecule has 0 saturated heterocycles. The number of anilines is 1. The van der Waals surface area contributed by atoms with Crippen LogP contribution in [0.25, 0.3) is 0 Å². The highest BCUT2D eigenvalue weighted by Crippen LogP contribution is 2.48. The van der Waals surface area contributed by atoms with Crippen LogP contribution in [0.15, 0.2) is 12.1 Å². The first-order valence-corrected chi connectivity index (χ1v) is 10.2. The highest BCUT2D eigenvalue weighted by molar-refractivity contribution is 7.53. The fourth-order valence-corrected chi connectivity index (χ4v) is 3.03. The van der Waals surface area contributed by atoms with E-state index >= 15 is 0 Å². The molecule has 0 bridgehead atoms. The molecule has 0 unspecified atom stereocenters. The summed E-state index contributed by atoms with van der Waals surface area (Å²) in [4.78, 5) is 63.8. The van der Waals surface area contributed by atoms with Crippen molar-refractivity contribution in [2.75, 3.05) is 25.1 Å². The molecule has 0 spiro atoms. The van der Waals surface area contributed by atoms with E-state index in [9.17, 15) is 10.1 Å². The Labute approximate surface area is 147 Å². The summed E-state index contributed by atoms with van der Waals surface area (Å²) in [5, 5.41) is 13.9. The minimum Gasteiger partial charge on any atom is -0.485 e. The van der Waals surface area contributed by atoms with Gasteiger partial charge in [0.25, 0.3) is 5.69 Å². The summed E-state index contributed by atoms with van der Waals surface area (Å²) >= 11 is 0. The summed E-state index contributed by atoms with van der Waals surface area (Å²) in [6.07, 6.45) is -0.799. The molecule has 1 heterocycles. The molecular formula is C11H18N2O11P2+2. The topological polar surface area (TPSA) is 204 Å². The molecular weight excluding hydrogens is 398 g/mol. The largest absolute Gasteiger partial charge is 0.567 e. The normalized spacial score (nSPS) is 14.3. The van der Waals surface area contributed by atoms with E-state index in [4.69, 9.17) is 34.1 Å². The smallest absolute Gasteiger partial charge is 0.485 e. The zero-order chi connectivity index (χ0) is 19.5. The number of hydrogen-bond donors (Lipinski definition) is 7. The van der Waals surface area contributed by atoms with Crippen molar-refractivity contribution in [1.29, 1.82) is 0 Å². The molecule has 1 aromatic rings. The van der Waals surface area contributed by atoms with Crippen LogP contribution in [0.4, 0.5) is 11.4 Å². The predicted octanol–water partition coefficient (Wildman–Crippen LogP) is -0.348. The number of ether oxygens (including phenoxy) is 1. The van der Waals surface area contributed by atoms with E-state index in [0.29, 0.717) is 18.5 Å². The lowest BCUT2D eigenvalue weighted by molar-refractivity contribution is -0.384. The number of nitro groups is 1. The SMILES string of the molecule is O=[N+]([O-])c1ccc(OC(CO[P+](O)(O)O)CO[P+](O)(O)O)c2c1NCC2. The van der Waals surface area contributed by atoms with Crippen LogP contribution in [0.2, 0.25) is 0 Å². The molecule has 7 N–H and O–H groups in total. The molecule has 0 radical (unpaired) electrons.